The van der Waals surface area contributed by atoms with E-state index in [0.717, 1.165) is 35.1 Å². The molecule has 2 nitrogen and oxygen atoms in total. The van der Waals surface area contributed by atoms with Crippen LogP contribution in [0.4, 0.5) is 0 Å². The lowest BCUT2D eigenvalue weighted by Crippen LogP contribution is -2.24. The smallest absolute Gasteiger partial charge is 0.163 e. The topological polar surface area (TPSA) is 26.3 Å². The fourth-order valence-electron chi connectivity index (χ4n) is 4.79. The molecule has 2 aromatic rings. The molecule has 2 aromatic carbocycles. The minimum Gasteiger partial charge on any atom is -0.493 e. The summed E-state index contributed by atoms with van der Waals surface area (Å²) in [4.78, 5) is 12.6. The molecule has 1 aliphatic heterocycles. The number of hydrogen-bond acceptors (Lipinski definition) is 2. The Kier molecular flexibility index (Phi) is 6.18. The van der Waals surface area contributed by atoms with Crippen molar-refractivity contribution in [1.29, 1.82) is 0 Å². The van der Waals surface area contributed by atoms with Crippen molar-refractivity contribution in [3.8, 4) is 5.75 Å². The quantitative estimate of drug-likeness (QED) is 0.526. The Labute approximate surface area is 175 Å². The minimum atomic E-state index is 0.195. The minimum absolute atomic E-state index is 0.195. The van der Waals surface area contributed by atoms with Gasteiger partial charge in [0.05, 0.1) is 6.61 Å². The number of hydrogen-bond donors (Lipinski definition) is 0. The Morgan fingerprint density at radius 2 is 1.83 bits per heavy atom. The van der Waals surface area contributed by atoms with E-state index in [0.29, 0.717) is 13.0 Å². The molecule has 0 saturated heterocycles. The van der Waals surface area contributed by atoms with Crippen LogP contribution in [0.25, 0.3) is 6.08 Å². The fraction of sp³-hybridized carbons (Fsp3) is 0.444. The number of carbonyl (C=O) groups is 1. The van der Waals surface area contributed by atoms with Gasteiger partial charge >= 0.3 is 0 Å². The van der Waals surface area contributed by atoms with Crippen molar-refractivity contribution in [3.63, 3.8) is 0 Å². The number of rotatable bonds is 6. The molecule has 0 aromatic heterocycles. The number of ether oxygens (including phenoxy) is 1. The zero-order valence-electron chi connectivity index (χ0n) is 17.5. The molecule has 0 spiro atoms. The van der Waals surface area contributed by atoms with E-state index in [1.165, 1.54) is 43.2 Å². The van der Waals surface area contributed by atoms with Gasteiger partial charge in [0.2, 0.25) is 0 Å². The average Bonchev–Trinajstić information content (AvgIpc) is 2.75. The van der Waals surface area contributed by atoms with Crippen LogP contribution in [0.2, 0.25) is 0 Å². The first kappa shape index (κ1) is 19.9. The number of fused-ring (bicyclic) bond motifs is 1. The summed E-state index contributed by atoms with van der Waals surface area (Å²) in [7, 11) is 0. The van der Waals surface area contributed by atoms with Crippen LogP contribution in [0.15, 0.2) is 49.0 Å². The second kappa shape index (κ2) is 8.98. The molecule has 2 heteroatoms. The lowest BCUT2D eigenvalue weighted by Gasteiger charge is -2.28. The second-order valence-corrected chi connectivity index (χ2v) is 9.11. The molecule has 1 atom stereocenters. The van der Waals surface area contributed by atoms with Gasteiger partial charge in [-0.05, 0) is 60.3 Å². The molecule has 1 saturated carbocycles. The Morgan fingerprint density at radius 1 is 1.07 bits per heavy atom. The average molecular weight is 389 g/mol. The Morgan fingerprint density at radius 3 is 2.55 bits per heavy atom. The Hall–Kier alpha value is -2.35. The zero-order chi connectivity index (χ0) is 20.2. The van der Waals surface area contributed by atoms with Gasteiger partial charge in [-0.25, -0.2) is 0 Å². The third-order valence-electron chi connectivity index (χ3n) is 6.72. The van der Waals surface area contributed by atoms with E-state index in [-0.39, 0.29) is 11.7 Å². The molecule has 0 unspecified atom stereocenters. The van der Waals surface area contributed by atoms with Gasteiger partial charge in [0.25, 0.3) is 0 Å². The van der Waals surface area contributed by atoms with Crippen LogP contribution < -0.4 is 4.74 Å². The van der Waals surface area contributed by atoms with E-state index in [1.54, 1.807) is 6.08 Å². The highest BCUT2D eigenvalue weighted by Crippen LogP contribution is 2.34. The molecule has 29 heavy (non-hydrogen) atoms. The van der Waals surface area contributed by atoms with E-state index < -0.39 is 0 Å². The SMILES string of the molecule is C=Cc1ccc(C(=O)C[C@H]2COc3cc(CC4CCC(C)CC4)ccc3C2)cc1. The maximum Gasteiger partial charge on any atom is 0.163 e. The monoisotopic (exact) mass is 388 g/mol. The lowest BCUT2D eigenvalue weighted by molar-refractivity contribution is 0.0934. The number of ketones is 1. The van der Waals surface area contributed by atoms with E-state index in [2.05, 4.69) is 31.7 Å². The Balaban J connectivity index is 1.34. The highest BCUT2D eigenvalue weighted by atomic mass is 16.5. The number of benzene rings is 2. The summed E-state index contributed by atoms with van der Waals surface area (Å²) in [6.07, 6.45) is 9.89. The van der Waals surface area contributed by atoms with Crippen LogP contribution in [0.1, 0.15) is 66.1 Å². The maximum atomic E-state index is 12.6. The summed E-state index contributed by atoms with van der Waals surface area (Å²) in [5.41, 5.74) is 4.46. The molecule has 0 N–H and O–H groups in total. The number of carbonyl (C=O) groups excluding carboxylic acids is 1. The summed E-state index contributed by atoms with van der Waals surface area (Å²) >= 11 is 0. The van der Waals surface area contributed by atoms with Crippen LogP contribution in [0.5, 0.6) is 5.75 Å². The molecule has 0 bridgehead atoms. The maximum absolute atomic E-state index is 12.6. The van der Waals surface area contributed by atoms with Crippen molar-refractivity contribution in [1.82, 2.24) is 0 Å². The zero-order valence-corrected chi connectivity index (χ0v) is 17.5. The first-order chi connectivity index (χ1) is 14.1. The van der Waals surface area contributed by atoms with Gasteiger partial charge in [0.1, 0.15) is 5.75 Å². The van der Waals surface area contributed by atoms with Crippen LogP contribution in [-0.4, -0.2) is 12.4 Å². The van der Waals surface area contributed by atoms with Gasteiger partial charge in [-0.3, -0.25) is 4.79 Å². The van der Waals surface area contributed by atoms with E-state index in [1.807, 2.05) is 24.3 Å². The third-order valence-corrected chi connectivity index (χ3v) is 6.72. The van der Waals surface area contributed by atoms with Crippen molar-refractivity contribution < 1.29 is 9.53 Å². The first-order valence-electron chi connectivity index (χ1n) is 11.1. The van der Waals surface area contributed by atoms with E-state index >= 15 is 0 Å². The second-order valence-electron chi connectivity index (χ2n) is 9.11. The molecule has 0 radical (unpaired) electrons. The van der Waals surface area contributed by atoms with Crippen molar-refractivity contribution in [2.24, 2.45) is 17.8 Å². The molecule has 2 aliphatic rings. The number of Topliss-reactive ketones (excluding diaryl/α,β-unsaturated/α-hetero) is 1. The molecule has 152 valence electrons. The Bertz CT molecular complexity index is 857. The summed E-state index contributed by atoms with van der Waals surface area (Å²) in [6.45, 7) is 6.77. The van der Waals surface area contributed by atoms with Crippen molar-refractivity contribution >= 4 is 11.9 Å². The highest BCUT2D eigenvalue weighted by molar-refractivity contribution is 5.96. The molecule has 1 heterocycles. The van der Waals surface area contributed by atoms with Crippen LogP contribution in [-0.2, 0) is 12.8 Å². The van der Waals surface area contributed by atoms with E-state index in [9.17, 15) is 4.79 Å². The fourth-order valence-corrected chi connectivity index (χ4v) is 4.79. The molecule has 0 amide bonds. The molecular weight excluding hydrogens is 356 g/mol. The lowest BCUT2D eigenvalue weighted by atomic mass is 9.80. The van der Waals surface area contributed by atoms with Crippen molar-refractivity contribution in [2.75, 3.05) is 6.61 Å². The first-order valence-corrected chi connectivity index (χ1v) is 11.1. The predicted octanol–water partition coefficient (Wildman–Crippen LogP) is 6.52. The van der Waals surface area contributed by atoms with Gasteiger partial charge < -0.3 is 4.74 Å². The summed E-state index contributed by atoms with van der Waals surface area (Å²) in [5.74, 6) is 3.20. The molecule has 1 aliphatic carbocycles. The van der Waals surface area contributed by atoms with Gasteiger partial charge in [-0.2, -0.15) is 0 Å². The van der Waals surface area contributed by atoms with E-state index in [4.69, 9.17) is 4.74 Å². The van der Waals surface area contributed by atoms with Gasteiger partial charge in [-0.15, -0.1) is 0 Å². The normalized spacial score (nSPS) is 23.7. The van der Waals surface area contributed by atoms with Gasteiger partial charge in [0.15, 0.2) is 5.78 Å². The summed E-state index contributed by atoms with van der Waals surface area (Å²) in [6, 6.07) is 14.4. The summed E-state index contributed by atoms with van der Waals surface area (Å²) in [5, 5.41) is 0. The molecule has 4 rings (SSSR count). The summed E-state index contributed by atoms with van der Waals surface area (Å²) < 4.78 is 6.09. The molecule has 1 fully saturated rings. The largest absolute Gasteiger partial charge is 0.493 e. The van der Waals surface area contributed by atoms with Crippen LogP contribution in [0, 0.1) is 17.8 Å². The highest BCUT2D eigenvalue weighted by Gasteiger charge is 2.24. The molecular formula is C27H32O2. The van der Waals surface area contributed by atoms with Gasteiger partial charge in [-0.1, -0.05) is 68.8 Å². The third kappa shape index (κ3) is 4.98. The predicted molar refractivity (Wildman–Crippen MR) is 119 cm³/mol. The van der Waals surface area contributed by atoms with Crippen LogP contribution >= 0.6 is 0 Å². The van der Waals surface area contributed by atoms with Crippen molar-refractivity contribution in [2.45, 2.75) is 51.9 Å². The van der Waals surface area contributed by atoms with Gasteiger partial charge in [0, 0.05) is 17.9 Å². The standard InChI is InChI=1S/C27H32O2/c1-3-20-8-11-24(12-9-20)26(28)16-23-15-25-13-10-22(17-27(25)29-18-23)14-21-6-4-19(2)5-7-21/h3,8-13,17,19,21,23H,1,4-7,14-16,18H2,2H3/t19?,21?,23-/m0/s1. The van der Waals surface area contributed by atoms with Crippen LogP contribution in [0.3, 0.4) is 0 Å². The van der Waals surface area contributed by atoms with Crippen molar-refractivity contribution in [3.05, 3.63) is 71.3 Å².